The first-order valence-corrected chi connectivity index (χ1v) is 10.0. The molecule has 2 aliphatic rings. The summed E-state index contributed by atoms with van der Waals surface area (Å²) in [6.45, 7) is 6.13. The molecule has 1 atom stereocenters. The second-order valence-corrected chi connectivity index (χ2v) is 8.22. The maximum Gasteiger partial charge on any atom is 0.136 e. The van der Waals surface area contributed by atoms with E-state index in [4.69, 9.17) is 9.97 Å². The molecular weight excluding hydrogens is 300 g/mol. The minimum atomic E-state index is 0.586. The lowest BCUT2D eigenvalue weighted by Gasteiger charge is -2.22. The van der Waals surface area contributed by atoms with Crippen LogP contribution in [0.3, 0.4) is 0 Å². The summed E-state index contributed by atoms with van der Waals surface area (Å²) in [5.41, 5.74) is 1.15. The smallest absolute Gasteiger partial charge is 0.136 e. The van der Waals surface area contributed by atoms with Crippen LogP contribution in [0.5, 0.6) is 0 Å². The van der Waals surface area contributed by atoms with Crippen LogP contribution in [0.15, 0.2) is 0 Å². The molecule has 2 N–H and O–H groups in total. The van der Waals surface area contributed by atoms with Crippen molar-refractivity contribution in [2.75, 3.05) is 41.0 Å². The van der Waals surface area contributed by atoms with E-state index in [1.807, 2.05) is 0 Å². The molecule has 0 radical (unpaired) electrons. The van der Waals surface area contributed by atoms with Gasteiger partial charge in [-0.05, 0) is 26.7 Å². The van der Waals surface area contributed by atoms with Gasteiger partial charge in [0.25, 0.3) is 0 Å². The van der Waals surface area contributed by atoms with Gasteiger partial charge in [-0.15, -0.1) is 0 Å². The Kier molecular flexibility index (Phi) is 5.16. The molecule has 1 aromatic rings. The average Bonchev–Trinajstić information content (AvgIpc) is 3.34. The molecule has 116 valence electrons. The zero-order valence-electron chi connectivity index (χ0n) is 12.8. The summed E-state index contributed by atoms with van der Waals surface area (Å²) >= 11 is 4.15. The maximum absolute atomic E-state index is 4.78. The van der Waals surface area contributed by atoms with Gasteiger partial charge in [-0.1, -0.05) is 0 Å². The van der Waals surface area contributed by atoms with E-state index >= 15 is 0 Å². The van der Waals surface area contributed by atoms with Gasteiger partial charge in [-0.2, -0.15) is 23.5 Å². The van der Waals surface area contributed by atoms with Crippen molar-refractivity contribution in [2.45, 2.75) is 37.9 Å². The highest BCUT2D eigenvalue weighted by atomic mass is 32.2. The molecule has 1 saturated heterocycles. The predicted octanol–water partition coefficient (Wildman–Crippen LogP) is 3.35. The summed E-state index contributed by atoms with van der Waals surface area (Å²) in [5.74, 6) is 7.45. The van der Waals surface area contributed by atoms with E-state index in [1.54, 1.807) is 0 Å². The second-order valence-electron chi connectivity index (χ2n) is 5.66. The molecule has 1 unspecified atom stereocenters. The molecule has 4 nitrogen and oxygen atoms in total. The van der Waals surface area contributed by atoms with Gasteiger partial charge in [0.2, 0.25) is 0 Å². The lowest BCUT2D eigenvalue weighted by Crippen LogP contribution is -2.24. The van der Waals surface area contributed by atoms with E-state index in [9.17, 15) is 0 Å². The van der Waals surface area contributed by atoms with Crippen molar-refractivity contribution in [1.82, 2.24) is 9.97 Å². The Morgan fingerprint density at radius 3 is 2.52 bits per heavy atom. The molecule has 1 aliphatic heterocycles. The number of hydrogen-bond acceptors (Lipinski definition) is 6. The lowest BCUT2D eigenvalue weighted by atomic mass is 10.2. The van der Waals surface area contributed by atoms with Crippen LogP contribution in [0, 0.1) is 6.92 Å². The van der Waals surface area contributed by atoms with E-state index in [2.05, 4.69) is 48.0 Å². The molecule has 2 fully saturated rings. The van der Waals surface area contributed by atoms with E-state index < -0.39 is 0 Å². The van der Waals surface area contributed by atoms with Crippen molar-refractivity contribution in [2.24, 2.45) is 0 Å². The molecule has 1 aliphatic carbocycles. The molecule has 21 heavy (non-hydrogen) atoms. The Bertz CT molecular complexity index is 485. The highest BCUT2D eigenvalue weighted by Gasteiger charge is 2.28. The fourth-order valence-electron chi connectivity index (χ4n) is 2.43. The minimum absolute atomic E-state index is 0.586. The van der Waals surface area contributed by atoms with Gasteiger partial charge in [-0.25, -0.2) is 9.97 Å². The van der Waals surface area contributed by atoms with Gasteiger partial charge < -0.3 is 10.6 Å². The predicted molar refractivity (Wildman–Crippen MR) is 95.0 cm³/mol. The van der Waals surface area contributed by atoms with E-state index in [0.29, 0.717) is 11.2 Å². The van der Waals surface area contributed by atoms with Crippen molar-refractivity contribution in [3.05, 3.63) is 11.4 Å². The standard InChI is InChI=1S/C15H24N4S2/c1-3-16-13-10(2)14(19-15(18-13)11-4-5-11)17-8-12-9-20-6-7-21-12/h11-12H,3-9H2,1-2H3,(H2,16,17,18,19). The normalized spacial score (nSPS) is 22.1. The highest BCUT2D eigenvalue weighted by Crippen LogP contribution is 2.39. The average molecular weight is 325 g/mol. The third kappa shape index (κ3) is 3.97. The number of aromatic nitrogens is 2. The van der Waals surface area contributed by atoms with Crippen LogP contribution in [0.4, 0.5) is 11.6 Å². The van der Waals surface area contributed by atoms with Crippen LogP contribution in [0.25, 0.3) is 0 Å². The van der Waals surface area contributed by atoms with Crippen LogP contribution in [0.2, 0.25) is 0 Å². The zero-order chi connectivity index (χ0) is 14.7. The summed E-state index contributed by atoms with van der Waals surface area (Å²) < 4.78 is 0. The van der Waals surface area contributed by atoms with Crippen molar-refractivity contribution in [3.63, 3.8) is 0 Å². The Morgan fingerprint density at radius 1 is 1.14 bits per heavy atom. The fraction of sp³-hybridized carbons (Fsp3) is 0.733. The first kappa shape index (κ1) is 15.3. The number of nitrogens with zero attached hydrogens (tertiary/aromatic N) is 2. The van der Waals surface area contributed by atoms with Crippen molar-refractivity contribution < 1.29 is 0 Å². The number of rotatable bonds is 6. The molecule has 1 aromatic heterocycles. The SMILES string of the molecule is CCNc1nc(C2CC2)nc(NCC2CSCCS2)c1C. The zero-order valence-corrected chi connectivity index (χ0v) is 14.4. The molecule has 3 rings (SSSR count). The van der Waals surface area contributed by atoms with E-state index in [-0.39, 0.29) is 0 Å². The van der Waals surface area contributed by atoms with Crippen molar-refractivity contribution in [1.29, 1.82) is 0 Å². The maximum atomic E-state index is 4.78. The molecular formula is C15H24N4S2. The summed E-state index contributed by atoms with van der Waals surface area (Å²) in [6.07, 6.45) is 2.48. The van der Waals surface area contributed by atoms with Crippen LogP contribution in [0.1, 0.15) is 37.1 Å². The first-order valence-electron chi connectivity index (χ1n) is 7.83. The quantitative estimate of drug-likeness (QED) is 0.837. The van der Waals surface area contributed by atoms with Crippen LogP contribution in [-0.2, 0) is 0 Å². The van der Waals surface area contributed by atoms with Crippen molar-refractivity contribution >= 4 is 35.2 Å². The Balaban J connectivity index is 1.72. The van der Waals surface area contributed by atoms with Crippen LogP contribution < -0.4 is 10.6 Å². The topological polar surface area (TPSA) is 49.8 Å². The monoisotopic (exact) mass is 324 g/mol. The van der Waals surface area contributed by atoms with Gasteiger partial charge >= 0.3 is 0 Å². The molecule has 0 amide bonds. The van der Waals surface area contributed by atoms with E-state index in [1.165, 1.54) is 30.1 Å². The first-order chi connectivity index (χ1) is 10.3. The van der Waals surface area contributed by atoms with E-state index in [0.717, 1.165) is 36.1 Å². The van der Waals surface area contributed by atoms with Gasteiger partial charge in [-0.3, -0.25) is 0 Å². The van der Waals surface area contributed by atoms with Gasteiger partial charge in [0.05, 0.1) is 0 Å². The third-order valence-corrected chi connectivity index (χ3v) is 6.68. The highest BCUT2D eigenvalue weighted by molar-refractivity contribution is 8.06. The summed E-state index contributed by atoms with van der Waals surface area (Å²) in [6, 6.07) is 0. The third-order valence-electron chi connectivity index (χ3n) is 3.83. The summed E-state index contributed by atoms with van der Waals surface area (Å²) in [5, 5.41) is 7.66. The van der Waals surface area contributed by atoms with Crippen molar-refractivity contribution in [3.8, 4) is 0 Å². The van der Waals surface area contributed by atoms with Crippen LogP contribution >= 0.6 is 23.5 Å². The molecule has 0 spiro atoms. The lowest BCUT2D eigenvalue weighted by molar-refractivity contribution is 0.902. The molecule has 0 aromatic carbocycles. The summed E-state index contributed by atoms with van der Waals surface area (Å²) in [4.78, 5) is 9.49. The van der Waals surface area contributed by atoms with Gasteiger partial charge in [0, 0.05) is 47.1 Å². The van der Waals surface area contributed by atoms with Gasteiger partial charge in [0.1, 0.15) is 17.5 Å². The molecule has 1 saturated carbocycles. The number of hydrogen-bond donors (Lipinski definition) is 2. The minimum Gasteiger partial charge on any atom is -0.370 e. The number of anilines is 2. The Hall–Kier alpha value is -0.620. The van der Waals surface area contributed by atoms with Crippen LogP contribution in [-0.4, -0.2) is 45.6 Å². The Labute approximate surface area is 135 Å². The number of thioether (sulfide) groups is 2. The second kappa shape index (κ2) is 7.09. The largest absolute Gasteiger partial charge is 0.370 e. The molecule has 2 heterocycles. The molecule has 6 heteroatoms. The summed E-state index contributed by atoms with van der Waals surface area (Å²) in [7, 11) is 0. The van der Waals surface area contributed by atoms with Gasteiger partial charge in [0.15, 0.2) is 0 Å². The number of nitrogens with one attached hydrogen (secondary N) is 2. The molecule has 0 bridgehead atoms. The Morgan fingerprint density at radius 2 is 1.90 bits per heavy atom. The fourth-order valence-corrected chi connectivity index (χ4v) is 5.05.